The number of aromatic amines is 1. The molecule has 1 N–H and O–H groups in total. The van der Waals surface area contributed by atoms with E-state index in [0.29, 0.717) is 40.6 Å². The minimum atomic E-state index is -0.361. The third-order valence-corrected chi connectivity index (χ3v) is 5.38. The zero-order valence-electron chi connectivity index (χ0n) is 17.5. The largest absolute Gasteiger partial charge is 0.489 e. The van der Waals surface area contributed by atoms with E-state index < -0.39 is 0 Å². The third-order valence-electron chi connectivity index (χ3n) is 5.14. The summed E-state index contributed by atoms with van der Waals surface area (Å²) in [6, 6.07) is 26.1. The van der Waals surface area contributed by atoms with Crippen molar-refractivity contribution in [1.29, 1.82) is 0 Å². The van der Waals surface area contributed by atoms with E-state index in [1.807, 2.05) is 66.7 Å². The van der Waals surface area contributed by atoms with Crippen LogP contribution in [0.2, 0.25) is 5.02 Å². The van der Waals surface area contributed by atoms with E-state index in [2.05, 4.69) is 9.97 Å². The van der Waals surface area contributed by atoms with Crippen LogP contribution in [0.5, 0.6) is 5.75 Å². The van der Waals surface area contributed by atoms with E-state index in [9.17, 15) is 4.39 Å². The van der Waals surface area contributed by atoms with Gasteiger partial charge in [0.1, 0.15) is 23.6 Å². The number of nitrogens with one attached hydrogen (secondary N) is 1. The minimum absolute atomic E-state index is 0. The number of rotatable bonds is 6. The molecule has 0 aliphatic carbocycles. The predicted octanol–water partition coefficient (Wildman–Crippen LogP) is 7.01. The van der Waals surface area contributed by atoms with Gasteiger partial charge in [0, 0.05) is 22.7 Å². The van der Waals surface area contributed by atoms with Gasteiger partial charge >= 0.3 is 0 Å². The second-order valence-corrected chi connectivity index (χ2v) is 7.88. The van der Waals surface area contributed by atoms with E-state index in [1.165, 1.54) is 6.07 Å². The summed E-state index contributed by atoms with van der Waals surface area (Å²) in [4.78, 5) is 12.3. The van der Waals surface area contributed by atoms with Gasteiger partial charge in [0.05, 0.1) is 5.52 Å². The smallest absolute Gasteiger partial charge is 0.157 e. The Hall–Kier alpha value is -3.41. The predicted molar refractivity (Wildman–Crippen MR) is 132 cm³/mol. The van der Waals surface area contributed by atoms with Gasteiger partial charge in [-0.1, -0.05) is 54.1 Å². The Balaban J connectivity index is 0.00000259. The summed E-state index contributed by atoms with van der Waals surface area (Å²) in [7, 11) is 0. The second-order valence-electron chi connectivity index (χ2n) is 7.44. The molecule has 0 saturated heterocycles. The summed E-state index contributed by atoms with van der Waals surface area (Å²) in [5.41, 5.74) is 4.45. The highest BCUT2D eigenvalue weighted by molar-refractivity contribution is 6.30. The van der Waals surface area contributed by atoms with Gasteiger partial charge in [-0.3, -0.25) is 0 Å². The van der Waals surface area contributed by atoms with Crippen LogP contribution in [-0.4, -0.2) is 15.0 Å². The van der Waals surface area contributed by atoms with E-state index in [-0.39, 0.29) is 18.2 Å². The van der Waals surface area contributed by atoms with Crippen LogP contribution in [0, 0.1) is 5.82 Å². The first-order chi connectivity index (χ1) is 15.7. The van der Waals surface area contributed by atoms with Crippen molar-refractivity contribution < 1.29 is 9.13 Å². The number of H-pyrrole nitrogens is 1. The van der Waals surface area contributed by atoms with Crippen molar-refractivity contribution in [2.24, 2.45) is 0 Å². The van der Waals surface area contributed by atoms with Gasteiger partial charge in [-0.25, -0.2) is 14.4 Å². The number of para-hydroxylation sites is 1. The first kappa shape index (κ1) is 22.8. The fraction of sp³-hybridized carbons (Fsp3) is 0.0769. The number of ether oxygens (including phenoxy) is 1. The maximum atomic E-state index is 14.0. The maximum Gasteiger partial charge on any atom is 0.157 e. The molecule has 166 valence electrons. The zero-order chi connectivity index (χ0) is 21.9. The van der Waals surface area contributed by atoms with Crippen molar-refractivity contribution in [2.75, 3.05) is 0 Å². The summed E-state index contributed by atoms with van der Waals surface area (Å²) in [6.45, 7) is 0.466. The highest BCUT2D eigenvalue weighted by atomic mass is 35.5. The molecule has 0 aliphatic heterocycles. The van der Waals surface area contributed by atoms with Crippen molar-refractivity contribution in [2.45, 2.75) is 13.0 Å². The molecular weight excluding hydrogens is 460 g/mol. The lowest BCUT2D eigenvalue weighted by molar-refractivity contribution is 0.303. The molecule has 2 aromatic heterocycles. The lowest BCUT2D eigenvalue weighted by Gasteiger charge is -2.12. The molecule has 0 amide bonds. The van der Waals surface area contributed by atoms with Crippen molar-refractivity contribution in [3.05, 3.63) is 113 Å². The molecular formula is C26H20Cl2FN3O. The fourth-order valence-corrected chi connectivity index (χ4v) is 3.78. The molecule has 5 aromatic rings. The molecule has 0 fully saturated rings. The number of fused-ring (bicyclic) bond motifs is 1. The molecule has 0 atom stereocenters. The highest BCUT2D eigenvalue weighted by Crippen LogP contribution is 2.27. The summed E-state index contributed by atoms with van der Waals surface area (Å²) < 4.78 is 20.1. The van der Waals surface area contributed by atoms with Gasteiger partial charge < -0.3 is 9.72 Å². The Labute approximate surface area is 201 Å². The van der Waals surface area contributed by atoms with E-state index in [4.69, 9.17) is 21.3 Å². The Morgan fingerprint density at radius 2 is 1.70 bits per heavy atom. The van der Waals surface area contributed by atoms with Crippen LogP contribution >= 0.6 is 24.0 Å². The van der Waals surface area contributed by atoms with Crippen LogP contribution in [0.1, 0.15) is 16.8 Å². The maximum absolute atomic E-state index is 14.0. The number of hydrogen-bond donors (Lipinski definition) is 1. The molecule has 0 aliphatic rings. The lowest BCUT2D eigenvalue weighted by Crippen LogP contribution is -2.01. The van der Waals surface area contributed by atoms with Gasteiger partial charge in [-0.2, -0.15) is 0 Å². The fourth-order valence-electron chi connectivity index (χ4n) is 3.59. The van der Waals surface area contributed by atoms with Crippen molar-refractivity contribution in [3.8, 4) is 17.3 Å². The summed E-state index contributed by atoms with van der Waals surface area (Å²) in [6.07, 6.45) is 0.535. The number of imidazole rings is 1. The minimum Gasteiger partial charge on any atom is -0.489 e. The number of benzene rings is 3. The molecule has 7 heteroatoms. The van der Waals surface area contributed by atoms with E-state index in [0.717, 1.165) is 22.6 Å². The van der Waals surface area contributed by atoms with Crippen LogP contribution in [-0.2, 0) is 13.0 Å². The Kier molecular flexibility index (Phi) is 6.92. The standard InChI is InChI=1S/C26H19ClFN3O.ClH/c27-19-12-13-24(32-16-17-6-2-1-3-7-17)18(14-19)15-20-8-4-11-23(29-20)26-30-22-10-5-9-21(28)25(22)31-26;/h1-14H,15-16H2,(H,30,31);1H. The number of aromatic nitrogens is 3. The molecule has 0 unspecified atom stereocenters. The second kappa shape index (κ2) is 10.0. The zero-order valence-corrected chi connectivity index (χ0v) is 19.0. The quantitative estimate of drug-likeness (QED) is 0.285. The molecule has 4 nitrogen and oxygen atoms in total. The number of nitrogens with zero attached hydrogens (tertiary/aromatic N) is 2. The summed E-state index contributed by atoms with van der Waals surface area (Å²) >= 11 is 6.26. The Morgan fingerprint density at radius 1 is 0.879 bits per heavy atom. The molecule has 33 heavy (non-hydrogen) atoms. The van der Waals surface area contributed by atoms with Crippen LogP contribution < -0.4 is 4.74 Å². The SMILES string of the molecule is Cl.Fc1cccc2[nH]c(-c3cccc(Cc4cc(Cl)ccc4OCc4ccccc4)n3)nc12. The average molecular weight is 480 g/mol. The first-order valence-electron chi connectivity index (χ1n) is 10.2. The van der Waals surface area contributed by atoms with Crippen LogP contribution in [0.25, 0.3) is 22.6 Å². The number of hydrogen-bond acceptors (Lipinski definition) is 3. The third kappa shape index (κ3) is 5.16. The van der Waals surface area contributed by atoms with Gasteiger partial charge in [0.2, 0.25) is 0 Å². The van der Waals surface area contributed by atoms with E-state index in [1.54, 1.807) is 12.1 Å². The molecule has 0 bridgehead atoms. The Morgan fingerprint density at radius 3 is 2.52 bits per heavy atom. The molecule has 0 spiro atoms. The Bertz CT molecular complexity index is 1390. The highest BCUT2D eigenvalue weighted by Gasteiger charge is 2.12. The van der Waals surface area contributed by atoms with Gasteiger partial charge in [0.15, 0.2) is 11.6 Å². The number of halogens is 3. The monoisotopic (exact) mass is 479 g/mol. The first-order valence-corrected chi connectivity index (χ1v) is 10.6. The molecule has 2 heterocycles. The number of pyridine rings is 1. The van der Waals surface area contributed by atoms with Crippen molar-refractivity contribution in [3.63, 3.8) is 0 Å². The topological polar surface area (TPSA) is 50.8 Å². The summed E-state index contributed by atoms with van der Waals surface area (Å²) in [5.74, 6) is 0.926. The average Bonchev–Trinajstić information content (AvgIpc) is 3.25. The molecule has 0 saturated carbocycles. The lowest BCUT2D eigenvalue weighted by atomic mass is 10.1. The molecule has 0 radical (unpaired) electrons. The molecule has 5 rings (SSSR count). The van der Waals surface area contributed by atoms with Gasteiger partial charge in [-0.15, -0.1) is 12.4 Å². The summed E-state index contributed by atoms with van der Waals surface area (Å²) in [5, 5.41) is 0.635. The van der Waals surface area contributed by atoms with Crippen LogP contribution in [0.3, 0.4) is 0 Å². The van der Waals surface area contributed by atoms with Crippen LogP contribution in [0.4, 0.5) is 4.39 Å². The van der Waals surface area contributed by atoms with E-state index >= 15 is 0 Å². The van der Waals surface area contributed by atoms with Crippen molar-refractivity contribution >= 4 is 35.0 Å². The van der Waals surface area contributed by atoms with Crippen LogP contribution in [0.15, 0.2) is 84.9 Å². The normalized spacial score (nSPS) is 10.7. The molecule has 3 aromatic carbocycles. The van der Waals surface area contributed by atoms with Gasteiger partial charge in [0.25, 0.3) is 0 Å². The van der Waals surface area contributed by atoms with Crippen molar-refractivity contribution in [1.82, 2.24) is 15.0 Å². The van der Waals surface area contributed by atoms with Gasteiger partial charge in [-0.05, 0) is 48.0 Å².